The van der Waals surface area contributed by atoms with Crippen LogP contribution in [0, 0.1) is 5.92 Å². The van der Waals surface area contributed by atoms with Gasteiger partial charge in [0.05, 0.1) is 0 Å². The van der Waals surface area contributed by atoms with Crippen molar-refractivity contribution in [2.75, 3.05) is 0 Å². The molecule has 1 rings (SSSR count). The molecule has 0 fully saturated rings. The molecule has 0 aliphatic rings. The summed E-state index contributed by atoms with van der Waals surface area (Å²) < 4.78 is 0. The molecule has 14 heavy (non-hydrogen) atoms. The van der Waals surface area contributed by atoms with Gasteiger partial charge in [-0.2, -0.15) is 0 Å². The molecular formula is C10H14Cl2N2. The van der Waals surface area contributed by atoms with E-state index in [4.69, 9.17) is 23.2 Å². The van der Waals surface area contributed by atoms with Gasteiger partial charge in [-0.15, -0.1) is 0 Å². The SMILES string of the molecule is CCc1c(Cl)nc(CC(C)C)nc1Cl. The van der Waals surface area contributed by atoms with Crippen molar-refractivity contribution in [3.05, 3.63) is 21.7 Å². The fourth-order valence-corrected chi connectivity index (χ4v) is 1.91. The average molecular weight is 233 g/mol. The second-order valence-corrected chi connectivity index (χ2v) is 4.37. The van der Waals surface area contributed by atoms with E-state index in [2.05, 4.69) is 23.8 Å². The molecule has 0 aliphatic heterocycles. The van der Waals surface area contributed by atoms with E-state index in [1.807, 2.05) is 6.92 Å². The molecule has 0 saturated carbocycles. The zero-order valence-corrected chi connectivity index (χ0v) is 10.2. The molecule has 1 aromatic heterocycles. The van der Waals surface area contributed by atoms with Crippen molar-refractivity contribution in [1.82, 2.24) is 9.97 Å². The minimum Gasteiger partial charge on any atom is -0.221 e. The second kappa shape index (κ2) is 4.94. The number of halogens is 2. The van der Waals surface area contributed by atoms with Gasteiger partial charge in [0.2, 0.25) is 0 Å². The average Bonchev–Trinajstić information content (AvgIpc) is 2.01. The van der Waals surface area contributed by atoms with Crippen molar-refractivity contribution < 1.29 is 0 Å². The molecule has 0 aliphatic carbocycles. The molecule has 0 saturated heterocycles. The fourth-order valence-electron chi connectivity index (χ4n) is 1.22. The minimum absolute atomic E-state index is 0.489. The van der Waals surface area contributed by atoms with Gasteiger partial charge in [0.1, 0.15) is 16.1 Å². The van der Waals surface area contributed by atoms with E-state index >= 15 is 0 Å². The third kappa shape index (κ3) is 2.82. The lowest BCUT2D eigenvalue weighted by Crippen LogP contribution is -2.03. The first-order chi connectivity index (χ1) is 6.54. The Hall–Kier alpha value is -0.340. The summed E-state index contributed by atoms with van der Waals surface area (Å²) in [7, 11) is 0. The van der Waals surface area contributed by atoms with E-state index in [-0.39, 0.29) is 0 Å². The van der Waals surface area contributed by atoms with Gasteiger partial charge in [0.15, 0.2) is 0 Å². The molecule has 78 valence electrons. The van der Waals surface area contributed by atoms with E-state index < -0.39 is 0 Å². The van der Waals surface area contributed by atoms with E-state index in [0.717, 1.165) is 24.2 Å². The molecule has 0 bridgehead atoms. The van der Waals surface area contributed by atoms with Crippen molar-refractivity contribution in [3.8, 4) is 0 Å². The summed E-state index contributed by atoms with van der Waals surface area (Å²) in [5, 5.41) is 0.978. The fraction of sp³-hybridized carbons (Fsp3) is 0.600. The Morgan fingerprint density at radius 2 is 1.64 bits per heavy atom. The maximum absolute atomic E-state index is 5.98. The summed E-state index contributed by atoms with van der Waals surface area (Å²) in [5.74, 6) is 1.24. The van der Waals surface area contributed by atoms with Crippen LogP contribution >= 0.6 is 23.2 Å². The second-order valence-electron chi connectivity index (χ2n) is 3.65. The maximum Gasteiger partial charge on any atom is 0.137 e. The molecule has 0 unspecified atom stereocenters. The largest absolute Gasteiger partial charge is 0.221 e. The van der Waals surface area contributed by atoms with Gasteiger partial charge in [-0.3, -0.25) is 0 Å². The van der Waals surface area contributed by atoms with Crippen LogP contribution in [0.3, 0.4) is 0 Å². The van der Waals surface area contributed by atoms with E-state index in [0.29, 0.717) is 16.2 Å². The lowest BCUT2D eigenvalue weighted by atomic mass is 10.1. The Labute approximate surface area is 94.7 Å². The highest BCUT2D eigenvalue weighted by Crippen LogP contribution is 2.22. The summed E-state index contributed by atoms with van der Waals surface area (Å²) in [6.45, 7) is 6.20. The van der Waals surface area contributed by atoms with Gasteiger partial charge < -0.3 is 0 Å². The molecule has 0 spiro atoms. The molecule has 0 aromatic carbocycles. The Morgan fingerprint density at radius 1 is 1.14 bits per heavy atom. The predicted octanol–water partition coefficient (Wildman–Crippen LogP) is 3.54. The van der Waals surface area contributed by atoms with Gasteiger partial charge in [-0.1, -0.05) is 44.0 Å². The lowest BCUT2D eigenvalue weighted by Gasteiger charge is -2.07. The Balaban J connectivity index is 3.01. The first-order valence-electron chi connectivity index (χ1n) is 4.75. The first kappa shape index (κ1) is 11.7. The first-order valence-corrected chi connectivity index (χ1v) is 5.51. The number of hydrogen-bond acceptors (Lipinski definition) is 2. The van der Waals surface area contributed by atoms with Gasteiger partial charge in [0, 0.05) is 12.0 Å². The molecule has 2 nitrogen and oxygen atoms in total. The zero-order chi connectivity index (χ0) is 10.7. The van der Waals surface area contributed by atoms with Crippen LogP contribution in [0.1, 0.15) is 32.2 Å². The van der Waals surface area contributed by atoms with Crippen LogP contribution in [-0.2, 0) is 12.8 Å². The molecule has 4 heteroatoms. The number of hydrogen-bond donors (Lipinski definition) is 0. The number of aromatic nitrogens is 2. The van der Waals surface area contributed by atoms with Crippen LogP contribution in [0.25, 0.3) is 0 Å². The molecule has 1 heterocycles. The molecule has 1 aromatic rings. The Kier molecular flexibility index (Phi) is 4.14. The highest BCUT2D eigenvalue weighted by atomic mass is 35.5. The van der Waals surface area contributed by atoms with Gasteiger partial charge in [-0.05, 0) is 12.3 Å². The predicted molar refractivity (Wildman–Crippen MR) is 60.0 cm³/mol. The highest BCUT2D eigenvalue weighted by Gasteiger charge is 2.10. The molecule has 0 N–H and O–H groups in total. The summed E-state index contributed by atoms with van der Waals surface area (Å²) in [5.41, 5.74) is 0.834. The summed E-state index contributed by atoms with van der Waals surface area (Å²) >= 11 is 12.0. The highest BCUT2D eigenvalue weighted by molar-refractivity contribution is 6.34. The zero-order valence-electron chi connectivity index (χ0n) is 8.64. The molecule has 0 radical (unpaired) electrons. The standard InChI is InChI=1S/C10H14Cl2N2/c1-4-7-9(11)13-8(5-6(2)3)14-10(7)12/h6H,4-5H2,1-3H3. The smallest absolute Gasteiger partial charge is 0.137 e. The van der Waals surface area contributed by atoms with Crippen molar-refractivity contribution in [3.63, 3.8) is 0 Å². The third-order valence-electron chi connectivity index (χ3n) is 1.90. The van der Waals surface area contributed by atoms with Crippen LogP contribution in [-0.4, -0.2) is 9.97 Å². The van der Waals surface area contributed by atoms with Crippen molar-refractivity contribution >= 4 is 23.2 Å². The van der Waals surface area contributed by atoms with Crippen molar-refractivity contribution in [2.45, 2.75) is 33.6 Å². The summed E-state index contributed by atoms with van der Waals surface area (Å²) in [6, 6.07) is 0. The van der Waals surface area contributed by atoms with E-state index in [1.54, 1.807) is 0 Å². The third-order valence-corrected chi connectivity index (χ3v) is 2.52. The lowest BCUT2D eigenvalue weighted by molar-refractivity contribution is 0.619. The van der Waals surface area contributed by atoms with E-state index in [1.165, 1.54) is 0 Å². The van der Waals surface area contributed by atoms with Gasteiger partial charge in [-0.25, -0.2) is 9.97 Å². The van der Waals surface area contributed by atoms with Crippen LogP contribution < -0.4 is 0 Å². The normalized spacial score (nSPS) is 11.0. The Bertz CT molecular complexity index is 301. The quantitative estimate of drug-likeness (QED) is 0.746. The summed E-state index contributed by atoms with van der Waals surface area (Å²) in [4.78, 5) is 8.43. The van der Waals surface area contributed by atoms with Gasteiger partial charge >= 0.3 is 0 Å². The van der Waals surface area contributed by atoms with Crippen LogP contribution in [0.15, 0.2) is 0 Å². The topological polar surface area (TPSA) is 25.8 Å². The molecule has 0 amide bonds. The minimum atomic E-state index is 0.489. The van der Waals surface area contributed by atoms with E-state index in [9.17, 15) is 0 Å². The van der Waals surface area contributed by atoms with Gasteiger partial charge in [0.25, 0.3) is 0 Å². The van der Waals surface area contributed by atoms with Crippen LogP contribution in [0.5, 0.6) is 0 Å². The van der Waals surface area contributed by atoms with Crippen molar-refractivity contribution in [2.24, 2.45) is 5.92 Å². The van der Waals surface area contributed by atoms with Crippen LogP contribution in [0.4, 0.5) is 0 Å². The van der Waals surface area contributed by atoms with Crippen LogP contribution in [0.2, 0.25) is 10.3 Å². The monoisotopic (exact) mass is 232 g/mol. The Morgan fingerprint density at radius 3 is 2.00 bits per heavy atom. The number of rotatable bonds is 3. The van der Waals surface area contributed by atoms with Crippen molar-refractivity contribution in [1.29, 1.82) is 0 Å². The molecular weight excluding hydrogens is 219 g/mol. The number of nitrogens with zero attached hydrogens (tertiary/aromatic N) is 2. The maximum atomic E-state index is 5.98. The summed E-state index contributed by atoms with van der Waals surface area (Å²) in [6.07, 6.45) is 1.57. The molecule has 0 atom stereocenters.